The second kappa shape index (κ2) is 9.71. The molecular formula is C24H25N3O3. The minimum atomic E-state index is -0.580. The summed E-state index contributed by atoms with van der Waals surface area (Å²) in [5.41, 5.74) is 10.9. The zero-order valence-electron chi connectivity index (χ0n) is 17.1. The maximum Gasteiger partial charge on any atom is 0.411 e. The van der Waals surface area contributed by atoms with E-state index in [1.165, 1.54) is 0 Å². The molecule has 0 saturated heterocycles. The second-order valence-corrected chi connectivity index (χ2v) is 7.01. The Morgan fingerprint density at radius 1 is 0.867 bits per heavy atom. The van der Waals surface area contributed by atoms with Gasteiger partial charge < -0.3 is 15.8 Å². The predicted octanol–water partition coefficient (Wildman–Crippen LogP) is 4.76. The summed E-state index contributed by atoms with van der Waals surface area (Å²) in [5.74, 6) is -0.258. The number of rotatable bonds is 6. The van der Waals surface area contributed by atoms with Crippen LogP contribution < -0.4 is 16.4 Å². The molecule has 2 amide bonds. The van der Waals surface area contributed by atoms with Crippen LogP contribution in [0.4, 0.5) is 16.2 Å². The van der Waals surface area contributed by atoms with Gasteiger partial charge in [0.25, 0.3) is 5.91 Å². The van der Waals surface area contributed by atoms with E-state index in [2.05, 4.69) is 10.6 Å². The van der Waals surface area contributed by atoms with Gasteiger partial charge in [-0.05, 0) is 60.4 Å². The van der Waals surface area contributed by atoms with Gasteiger partial charge in [-0.3, -0.25) is 10.1 Å². The average Bonchev–Trinajstić information content (AvgIpc) is 2.75. The van der Waals surface area contributed by atoms with Crippen molar-refractivity contribution in [2.24, 2.45) is 5.73 Å². The maximum absolute atomic E-state index is 12.8. The third-order valence-electron chi connectivity index (χ3n) is 4.79. The molecule has 4 N–H and O–H groups in total. The Bertz CT molecular complexity index is 1050. The number of anilines is 2. The van der Waals surface area contributed by atoms with E-state index in [0.29, 0.717) is 23.5 Å². The van der Waals surface area contributed by atoms with Gasteiger partial charge in [0.1, 0.15) is 6.61 Å². The third kappa shape index (κ3) is 5.46. The summed E-state index contributed by atoms with van der Waals surface area (Å²) in [6, 6.07) is 20.3. The van der Waals surface area contributed by atoms with Gasteiger partial charge in [-0.25, -0.2) is 4.79 Å². The fourth-order valence-corrected chi connectivity index (χ4v) is 3.02. The van der Waals surface area contributed by atoms with Crippen molar-refractivity contribution in [1.82, 2.24) is 0 Å². The number of benzene rings is 3. The quantitative estimate of drug-likeness (QED) is 0.553. The summed E-state index contributed by atoms with van der Waals surface area (Å²) >= 11 is 0. The van der Waals surface area contributed by atoms with Gasteiger partial charge in [-0.1, -0.05) is 42.5 Å². The number of carbonyl (C=O) groups excluding carboxylic acids is 2. The van der Waals surface area contributed by atoms with Gasteiger partial charge in [-0.2, -0.15) is 0 Å². The predicted molar refractivity (Wildman–Crippen MR) is 118 cm³/mol. The molecule has 3 rings (SSSR count). The Morgan fingerprint density at radius 2 is 1.60 bits per heavy atom. The maximum atomic E-state index is 12.8. The highest BCUT2D eigenvalue weighted by molar-refractivity contribution is 6.06. The molecule has 0 radical (unpaired) electrons. The highest BCUT2D eigenvalue weighted by Crippen LogP contribution is 2.22. The van der Waals surface area contributed by atoms with Crippen molar-refractivity contribution < 1.29 is 14.3 Å². The van der Waals surface area contributed by atoms with E-state index in [0.717, 1.165) is 22.3 Å². The molecule has 0 atom stereocenters. The van der Waals surface area contributed by atoms with Crippen LogP contribution in [0.5, 0.6) is 0 Å². The van der Waals surface area contributed by atoms with Crippen molar-refractivity contribution in [1.29, 1.82) is 0 Å². The fourth-order valence-electron chi connectivity index (χ4n) is 3.02. The van der Waals surface area contributed by atoms with Gasteiger partial charge in [0.05, 0.1) is 0 Å². The molecule has 0 bridgehead atoms. The van der Waals surface area contributed by atoms with E-state index in [9.17, 15) is 9.59 Å². The Morgan fingerprint density at radius 3 is 2.33 bits per heavy atom. The fraction of sp³-hybridized carbons (Fsp3) is 0.167. The minimum absolute atomic E-state index is 0.169. The molecule has 0 aliphatic carbocycles. The Hall–Kier alpha value is -3.64. The van der Waals surface area contributed by atoms with E-state index in [-0.39, 0.29) is 12.5 Å². The molecule has 0 aliphatic heterocycles. The number of carbonyl (C=O) groups is 2. The molecule has 30 heavy (non-hydrogen) atoms. The van der Waals surface area contributed by atoms with Crippen LogP contribution in [-0.4, -0.2) is 12.0 Å². The van der Waals surface area contributed by atoms with Crippen LogP contribution in [0.15, 0.2) is 66.7 Å². The topological polar surface area (TPSA) is 93.4 Å². The van der Waals surface area contributed by atoms with E-state index in [4.69, 9.17) is 10.5 Å². The standard InChI is InChI=1S/C24H25N3O3/c1-16-11-21(27-24(29)30-15-18-7-4-3-5-8-18)13-22(17(16)2)23(28)26-20-10-6-9-19(12-20)14-25/h3-13H,14-15,25H2,1-2H3,(H,26,28)(H,27,29). The highest BCUT2D eigenvalue weighted by atomic mass is 16.5. The highest BCUT2D eigenvalue weighted by Gasteiger charge is 2.14. The summed E-state index contributed by atoms with van der Waals surface area (Å²) in [7, 11) is 0. The summed E-state index contributed by atoms with van der Waals surface area (Å²) in [5, 5.41) is 5.59. The van der Waals surface area contributed by atoms with Gasteiger partial charge in [-0.15, -0.1) is 0 Å². The number of nitrogens with one attached hydrogen (secondary N) is 2. The van der Waals surface area contributed by atoms with Crippen LogP contribution >= 0.6 is 0 Å². The van der Waals surface area contributed by atoms with Crippen molar-refractivity contribution in [3.63, 3.8) is 0 Å². The van der Waals surface area contributed by atoms with E-state index in [1.807, 2.05) is 74.5 Å². The van der Waals surface area contributed by atoms with Gasteiger partial charge in [0.2, 0.25) is 0 Å². The number of hydrogen-bond acceptors (Lipinski definition) is 4. The number of aryl methyl sites for hydroxylation is 1. The number of ether oxygens (including phenoxy) is 1. The molecule has 0 heterocycles. The molecule has 0 aromatic heterocycles. The van der Waals surface area contributed by atoms with Crippen LogP contribution in [0.1, 0.15) is 32.6 Å². The number of nitrogens with two attached hydrogens (primary N) is 1. The molecule has 0 unspecified atom stereocenters. The molecule has 154 valence electrons. The minimum Gasteiger partial charge on any atom is -0.444 e. The Kier molecular flexibility index (Phi) is 6.83. The molecule has 0 spiro atoms. The lowest BCUT2D eigenvalue weighted by Crippen LogP contribution is -2.17. The van der Waals surface area contributed by atoms with E-state index in [1.54, 1.807) is 6.07 Å². The smallest absolute Gasteiger partial charge is 0.411 e. The third-order valence-corrected chi connectivity index (χ3v) is 4.79. The first-order chi connectivity index (χ1) is 14.5. The van der Waals surface area contributed by atoms with Crippen LogP contribution in [0, 0.1) is 13.8 Å². The number of hydrogen-bond donors (Lipinski definition) is 3. The second-order valence-electron chi connectivity index (χ2n) is 7.01. The first kappa shape index (κ1) is 21.1. The molecule has 0 saturated carbocycles. The zero-order chi connectivity index (χ0) is 21.5. The SMILES string of the molecule is Cc1cc(NC(=O)OCc2ccccc2)cc(C(=O)Nc2cccc(CN)c2)c1C. The first-order valence-corrected chi connectivity index (χ1v) is 9.65. The molecule has 3 aromatic rings. The van der Waals surface area contributed by atoms with E-state index >= 15 is 0 Å². The van der Waals surface area contributed by atoms with Crippen LogP contribution in [-0.2, 0) is 17.9 Å². The van der Waals surface area contributed by atoms with Crippen molar-refractivity contribution in [3.8, 4) is 0 Å². The molecule has 6 nitrogen and oxygen atoms in total. The lowest BCUT2D eigenvalue weighted by molar-refractivity contribution is 0.102. The van der Waals surface area contributed by atoms with Crippen molar-refractivity contribution in [3.05, 3.63) is 94.5 Å². The molecule has 0 aliphatic rings. The Labute approximate surface area is 176 Å². The molecule has 6 heteroatoms. The van der Waals surface area contributed by atoms with Crippen molar-refractivity contribution >= 4 is 23.4 Å². The largest absolute Gasteiger partial charge is 0.444 e. The lowest BCUT2D eigenvalue weighted by Gasteiger charge is -2.14. The molecule has 0 fully saturated rings. The van der Waals surface area contributed by atoms with Crippen LogP contribution in [0.25, 0.3) is 0 Å². The van der Waals surface area contributed by atoms with Crippen LogP contribution in [0.3, 0.4) is 0 Å². The normalized spacial score (nSPS) is 10.4. The average molecular weight is 403 g/mol. The molecule has 3 aromatic carbocycles. The van der Waals surface area contributed by atoms with E-state index < -0.39 is 6.09 Å². The zero-order valence-corrected chi connectivity index (χ0v) is 17.1. The molecular weight excluding hydrogens is 378 g/mol. The van der Waals surface area contributed by atoms with Gasteiger partial charge in [0, 0.05) is 23.5 Å². The summed E-state index contributed by atoms with van der Waals surface area (Å²) in [6.45, 7) is 4.33. The number of amides is 2. The van der Waals surface area contributed by atoms with Gasteiger partial charge in [0.15, 0.2) is 0 Å². The Balaban J connectivity index is 1.71. The summed E-state index contributed by atoms with van der Waals surface area (Å²) in [6.07, 6.45) is -0.580. The van der Waals surface area contributed by atoms with Crippen molar-refractivity contribution in [2.75, 3.05) is 10.6 Å². The van der Waals surface area contributed by atoms with Gasteiger partial charge >= 0.3 is 6.09 Å². The van der Waals surface area contributed by atoms with Crippen molar-refractivity contribution in [2.45, 2.75) is 27.0 Å². The summed E-state index contributed by atoms with van der Waals surface area (Å²) < 4.78 is 5.26. The first-order valence-electron chi connectivity index (χ1n) is 9.65. The monoisotopic (exact) mass is 403 g/mol. The van der Waals surface area contributed by atoms with Crippen LogP contribution in [0.2, 0.25) is 0 Å². The summed E-state index contributed by atoms with van der Waals surface area (Å²) in [4.78, 5) is 25.0. The lowest BCUT2D eigenvalue weighted by atomic mass is 10.0.